The summed E-state index contributed by atoms with van der Waals surface area (Å²) < 4.78 is 8.19. The fourth-order valence-corrected chi connectivity index (χ4v) is 5.56. The number of nitrogens with one attached hydrogen (secondary N) is 1. The van der Waals surface area contributed by atoms with Gasteiger partial charge in [-0.3, -0.25) is 0 Å². The first-order valence-electron chi connectivity index (χ1n) is 5.91. The molecule has 2 heterocycles. The monoisotopic (exact) mass is 381 g/mol. The molecule has 0 radical (unpaired) electrons. The number of thiophene rings is 1. The lowest BCUT2D eigenvalue weighted by Gasteiger charge is -2.26. The molecule has 3 unspecified atom stereocenters. The Kier molecular flexibility index (Phi) is 5.06. The maximum Gasteiger partial charge on any atom is 0.0758 e. The number of hydrogen-bond donors (Lipinski definition) is 1. The van der Waals surface area contributed by atoms with Crippen LogP contribution in [0.15, 0.2) is 13.6 Å². The van der Waals surface area contributed by atoms with Gasteiger partial charge in [0.1, 0.15) is 0 Å². The zero-order chi connectivity index (χ0) is 12.4. The molecule has 2 nitrogen and oxygen atoms in total. The first kappa shape index (κ1) is 14.0. The van der Waals surface area contributed by atoms with Gasteiger partial charge in [0.25, 0.3) is 0 Å². The summed E-state index contributed by atoms with van der Waals surface area (Å²) in [5.41, 5.74) is 1.35. The van der Waals surface area contributed by atoms with E-state index < -0.39 is 0 Å². The third-order valence-corrected chi connectivity index (χ3v) is 5.81. The molecule has 1 aromatic heterocycles. The lowest BCUT2D eigenvalue weighted by molar-refractivity contribution is 0.0782. The minimum Gasteiger partial charge on any atom is -0.378 e. The first-order valence-corrected chi connectivity index (χ1v) is 8.31. The van der Waals surface area contributed by atoms with E-state index in [-0.39, 0.29) is 0 Å². The molecule has 0 aliphatic carbocycles. The first-order chi connectivity index (χ1) is 8.17. The molecule has 3 atom stereocenters. The summed E-state index contributed by atoms with van der Waals surface area (Å²) in [6.45, 7) is 3.10. The summed E-state index contributed by atoms with van der Waals surface area (Å²) in [4.78, 5) is 0. The summed E-state index contributed by atoms with van der Waals surface area (Å²) in [5, 5.41) is 3.45. The highest BCUT2D eigenvalue weighted by atomic mass is 79.9. The molecule has 0 amide bonds. The Morgan fingerprint density at radius 1 is 1.59 bits per heavy atom. The molecule has 1 fully saturated rings. The van der Waals surface area contributed by atoms with Gasteiger partial charge in [0.05, 0.1) is 13.7 Å². The Morgan fingerprint density at radius 3 is 2.88 bits per heavy atom. The molecule has 17 heavy (non-hydrogen) atoms. The molecule has 0 saturated carbocycles. The second-order valence-electron chi connectivity index (χ2n) is 4.32. The van der Waals surface area contributed by atoms with Crippen LogP contribution in [-0.2, 0) is 4.74 Å². The molecular weight excluding hydrogens is 366 g/mol. The van der Waals surface area contributed by atoms with Crippen LogP contribution in [0.5, 0.6) is 0 Å². The van der Waals surface area contributed by atoms with Crippen LogP contribution >= 0.6 is 43.2 Å². The SMILES string of the molecule is CCC1OCCC1C(NC)c1cc(Br)sc1Br. The molecule has 1 aromatic rings. The van der Waals surface area contributed by atoms with Crippen molar-refractivity contribution in [2.24, 2.45) is 5.92 Å². The third kappa shape index (κ3) is 2.95. The molecule has 0 spiro atoms. The van der Waals surface area contributed by atoms with Crippen LogP contribution in [0, 0.1) is 5.92 Å². The fraction of sp³-hybridized carbons (Fsp3) is 0.667. The number of ether oxygens (including phenoxy) is 1. The van der Waals surface area contributed by atoms with Crippen molar-refractivity contribution in [1.29, 1.82) is 0 Å². The van der Waals surface area contributed by atoms with Crippen molar-refractivity contribution in [2.75, 3.05) is 13.7 Å². The van der Waals surface area contributed by atoms with Gasteiger partial charge in [-0.15, -0.1) is 11.3 Å². The quantitative estimate of drug-likeness (QED) is 0.835. The van der Waals surface area contributed by atoms with Crippen LogP contribution in [-0.4, -0.2) is 19.8 Å². The second-order valence-corrected chi connectivity index (χ2v) is 8.07. The fourth-order valence-electron chi connectivity index (χ4n) is 2.63. The maximum absolute atomic E-state index is 5.80. The van der Waals surface area contributed by atoms with Gasteiger partial charge in [0.2, 0.25) is 0 Å². The van der Waals surface area contributed by atoms with Gasteiger partial charge in [0.15, 0.2) is 0 Å². The van der Waals surface area contributed by atoms with Gasteiger partial charge in [0, 0.05) is 18.6 Å². The smallest absolute Gasteiger partial charge is 0.0758 e. The number of halogens is 2. The summed E-state index contributed by atoms with van der Waals surface area (Å²) in [6, 6.07) is 2.58. The van der Waals surface area contributed by atoms with E-state index in [0.717, 1.165) is 19.4 Å². The van der Waals surface area contributed by atoms with E-state index in [1.54, 1.807) is 11.3 Å². The van der Waals surface area contributed by atoms with E-state index in [9.17, 15) is 0 Å². The van der Waals surface area contributed by atoms with E-state index in [1.165, 1.54) is 13.1 Å². The van der Waals surface area contributed by atoms with Crippen molar-refractivity contribution in [3.8, 4) is 0 Å². The Bertz CT molecular complexity index is 383. The van der Waals surface area contributed by atoms with Crippen LogP contribution in [0.2, 0.25) is 0 Å². The topological polar surface area (TPSA) is 21.3 Å². The molecule has 2 rings (SSSR count). The average molecular weight is 383 g/mol. The lowest BCUT2D eigenvalue weighted by Crippen LogP contribution is -2.30. The molecular formula is C12H17Br2NOS. The van der Waals surface area contributed by atoms with E-state index in [0.29, 0.717) is 18.1 Å². The van der Waals surface area contributed by atoms with Gasteiger partial charge in [-0.05, 0) is 63.4 Å². The van der Waals surface area contributed by atoms with E-state index in [4.69, 9.17) is 4.74 Å². The van der Waals surface area contributed by atoms with Crippen LogP contribution < -0.4 is 5.32 Å². The predicted octanol–water partition coefficient (Wildman–Crippen LogP) is 4.35. The summed E-state index contributed by atoms with van der Waals surface area (Å²) in [6.07, 6.45) is 2.62. The van der Waals surface area contributed by atoms with Gasteiger partial charge in [-0.1, -0.05) is 6.92 Å². The Morgan fingerprint density at radius 2 is 2.35 bits per heavy atom. The van der Waals surface area contributed by atoms with Crippen molar-refractivity contribution in [3.63, 3.8) is 0 Å². The molecule has 1 N–H and O–H groups in total. The molecule has 1 aliphatic rings. The second kappa shape index (κ2) is 6.15. The highest BCUT2D eigenvalue weighted by molar-refractivity contribution is 9.12. The van der Waals surface area contributed by atoms with E-state index in [1.807, 2.05) is 7.05 Å². The van der Waals surface area contributed by atoms with Crippen molar-refractivity contribution in [2.45, 2.75) is 31.9 Å². The largest absolute Gasteiger partial charge is 0.378 e. The van der Waals surface area contributed by atoms with Crippen LogP contribution in [0.4, 0.5) is 0 Å². The van der Waals surface area contributed by atoms with Crippen molar-refractivity contribution in [1.82, 2.24) is 5.32 Å². The lowest BCUT2D eigenvalue weighted by atomic mass is 9.88. The molecule has 1 aliphatic heterocycles. The zero-order valence-electron chi connectivity index (χ0n) is 10.0. The highest BCUT2D eigenvalue weighted by Crippen LogP contribution is 2.41. The van der Waals surface area contributed by atoms with Crippen LogP contribution in [0.3, 0.4) is 0 Å². The van der Waals surface area contributed by atoms with Gasteiger partial charge in [-0.25, -0.2) is 0 Å². The third-order valence-electron chi connectivity index (χ3n) is 3.42. The molecule has 5 heteroatoms. The standard InChI is InChI=1S/C12H17Br2NOS/c1-3-9-7(4-5-16-9)11(15-2)8-6-10(13)17-12(8)14/h6-7,9,11,15H,3-5H2,1-2H3. The minimum absolute atomic E-state index is 0.374. The molecule has 0 bridgehead atoms. The minimum atomic E-state index is 0.374. The van der Waals surface area contributed by atoms with Crippen molar-refractivity contribution < 1.29 is 4.74 Å². The zero-order valence-corrected chi connectivity index (χ0v) is 14.0. The van der Waals surface area contributed by atoms with Crippen molar-refractivity contribution >= 4 is 43.2 Å². The predicted molar refractivity (Wildman–Crippen MR) is 79.7 cm³/mol. The number of rotatable bonds is 4. The maximum atomic E-state index is 5.80. The average Bonchev–Trinajstić information content (AvgIpc) is 2.88. The van der Waals surface area contributed by atoms with E-state index in [2.05, 4.69) is 50.2 Å². The summed E-state index contributed by atoms with van der Waals surface area (Å²) >= 11 is 8.94. The molecule has 1 saturated heterocycles. The molecule has 96 valence electrons. The highest BCUT2D eigenvalue weighted by Gasteiger charge is 2.35. The van der Waals surface area contributed by atoms with Gasteiger partial charge < -0.3 is 10.1 Å². The Balaban J connectivity index is 2.24. The normalized spacial score (nSPS) is 26.4. The van der Waals surface area contributed by atoms with Crippen LogP contribution in [0.1, 0.15) is 31.4 Å². The summed E-state index contributed by atoms with van der Waals surface area (Å²) in [5.74, 6) is 0.572. The number of hydrogen-bond acceptors (Lipinski definition) is 3. The van der Waals surface area contributed by atoms with Gasteiger partial charge >= 0.3 is 0 Å². The van der Waals surface area contributed by atoms with Crippen LogP contribution in [0.25, 0.3) is 0 Å². The summed E-state index contributed by atoms with van der Waals surface area (Å²) in [7, 11) is 2.04. The Labute approximate surface area is 123 Å². The van der Waals surface area contributed by atoms with Crippen molar-refractivity contribution in [3.05, 3.63) is 19.2 Å². The molecule has 0 aromatic carbocycles. The van der Waals surface area contributed by atoms with Gasteiger partial charge in [-0.2, -0.15) is 0 Å². The Hall–Kier alpha value is 0.580. The van der Waals surface area contributed by atoms with E-state index >= 15 is 0 Å².